The van der Waals surface area contributed by atoms with Crippen LogP contribution >= 0.6 is 0 Å². The van der Waals surface area contributed by atoms with Gasteiger partial charge in [-0.2, -0.15) is 18.3 Å². The molecule has 2 unspecified atom stereocenters. The first-order chi connectivity index (χ1) is 15.1. The minimum atomic E-state index is -4.53. The molecule has 0 bridgehead atoms. The van der Waals surface area contributed by atoms with Crippen molar-refractivity contribution in [3.8, 4) is 17.2 Å². The normalized spacial score (nSPS) is 17.7. The van der Waals surface area contributed by atoms with Crippen LogP contribution < -0.4 is 19.5 Å². The number of carbonyl (C=O) groups excluding carboxylic acids is 2. The molecule has 0 fully saturated rings. The zero-order valence-electron chi connectivity index (χ0n) is 17.8. The van der Waals surface area contributed by atoms with Crippen molar-refractivity contribution in [1.29, 1.82) is 0 Å². The van der Waals surface area contributed by atoms with Crippen LogP contribution in [0, 0.1) is 0 Å². The Bertz CT molecular complexity index is 995. The van der Waals surface area contributed by atoms with Crippen LogP contribution in [0.1, 0.15) is 40.2 Å². The number of alkyl halides is 3. The maximum Gasteiger partial charge on any atom is 0.410 e. The van der Waals surface area contributed by atoms with E-state index in [9.17, 15) is 22.8 Å². The summed E-state index contributed by atoms with van der Waals surface area (Å²) in [6.07, 6.45) is -4.76. The first-order valence-electron chi connectivity index (χ1n) is 9.52. The number of aromatic nitrogens is 2. The van der Waals surface area contributed by atoms with E-state index in [1.807, 2.05) is 0 Å². The van der Waals surface area contributed by atoms with Gasteiger partial charge in [-0.05, 0) is 25.5 Å². The van der Waals surface area contributed by atoms with Crippen molar-refractivity contribution in [2.24, 2.45) is 0 Å². The highest BCUT2D eigenvalue weighted by Gasteiger charge is 2.45. The number of rotatable bonds is 7. The van der Waals surface area contributed by atoms with Crippen molar-refractivity contribution in [2.75, 3.05) is 33.3 Å². The average Bonchev–Trinajstić information content (AvgIpc) is 3.18. The number of hydrogen-bond donors (Lipinski definition) is 1. The molecule has 1 aliphatic rings. The van der Waals surface area contributed by atoms with Crippen LogP contribution in [0.4, 0.5) is 19.0 Å². The highest BCUT2D eigenvalue weighted by Crippen LogP contribution is 2.40. The summed E-state index contributed by atoms with van der Waals surface area (Å²) in [5.74, 6) is -0.796. The molecule has 0 saturated carbocycles. The van der Waals surface area contributed by atoms with Crippen LogP contribution in [0.5, 0.6) is 17.2 Å². The van der Waals surface area contributed by atoms with Gasteiger partial charge in [0.2, 0.25) is 11.5 Å². The fourth-order valence-electron chi connectivity index (χ4n) is 3.39. The lowest BCUT2D eigenvalue weighted by molar-refractivity contribution is -0.173. The lowest BCUT2D eigenvalue weighted by Gasteiger charge is -2.31. The smallest absolute Gasteiger partial charge is 0.410 e. The summed E-state index contributed by atoms with van der Waals surface area (Å²) in [5, 5.41) is 6.60. The number of nitrogens with one attached hydrogen (secondary N) is 1. The Morgan fingerprint density at radius 2 is 1.75 bits per heavy atom. The predicted molar refractivity (Wildman–Crippen MR) is 106 cm³/mol. The second-order valence-corrected chi connectivity index (χ2v) is 7.11. The molecule has 1 aliphatic heterocycles. The van der Waals surface area contributed by atoms with Gasteiger partial charge in [-0.3, -0.25) is 4.79 Å². The average molecular weight is 457 g/mol. The third-order valence-electron chi connectivity index (χ3n) is 4.91. The van der Waals surface area contributed by atoms with Crippen molar-refractivity contribution >= 4 is 17.6 Å². The SMILES string of the molecule is COc1cc(C(=O)COC(=O)c2cc3n(n2)C(C(F)(F)F)CC(C)N3)cc(OC)c1OC. The van der Waals surface area contributed by atoms with E-state index in [0.717, 1.165) is 4.68 Å². The standard InChI is InChI=1S/C20H22F3N3O6/c1-10-5-16(20(21,22)23)26-17(24-10)8-12(25-26)19(28)32-9-13(27)11-6-14(29-2)18(31-4)15(7-11)30-3/h6-8,10,16,24H,5,9H2,1-4H3. The highest BCUT2D eigenvalue weighted by atomic mass is 19.4. The maximum atomic E-state index is 13.3. The molecule has 1 aromatic heterocycles. The largest absolute Gasteiger partial charge is 0.493 e. The molecule has 2 heterocycles. The molecule has 3 rings (SSSR count). The fourth-order valence-corrected chi connectivity index (χ4v) is 3.39. The molecule has 12 heteroatoms. The third kappa shape index (κ3) is 4.58. The van der Waals surface area contributed by atoms with Crippen molar-refractivity contribution in [1.82, 2.24) is 9.78 Å². The van der Waals surface area contributed by atoms with Gasteiger partial charge in [0, 0.05) is 17.7 Å². The van der Waals surface area contributed by atoms with Gasteiger partial charge in [0.15, 0.2) is 29.8 Å². The van der Waals surface area contributed by atoms with Crippen molar-refractivity contribution in [2.45, 2.75) is 31.6 Å². The first-order valence-corrected chi connectivity index (χ1v) is 9.52. The third-order valence-corrected chi connectivity index (χ3v) is 4.91. The number of esters is 1. The number of halogens is 3. The number of Topliss-reactive ketones (excluding diaryl/α,β-unsaturated/α-hetero) is 1. The molecular weight excluding hydrogens is 435 g/mol. The summed E-state index contributed by atoms with van der Waals surface area (Å²) in [4.78, 5) is 24.9. The quantitative estimate of drug-likeness (QED) is 0.500. The Kier molecular flexibility index (Phi) is 6.51. The fraction of sp³-hybridized carbons (Fsp3) is 0.450. The summed E-state index contributed by atoms with van der Waals surface area (Å²) in [6.45, 7) is 0.940. The van der Waals surface area contributed by atoms with Gasteiger partial charge in [-0.25, -0.2) is 9.48 Å². The van der Waals surface area contributed by atoms with E-state index in [1.54, 1.807) is 6.92 Å². The van der Waals surface area contributed by atoms with Gasteiger partial charge >= 0.3 is 12.1 Å². The number of benzene rings is 1. The number of fused-ring (bicyclic) bond motifs is 1. The summed E-state index contributed by atoms with van der Waals surface area (Å²) >= 11 is 0. The Morgan fingerprint density at radius 1 is 1.12 bits per heavy atom. The number of ketones is 1. The number of anilines is 1. The summed E-state index contributed by atoms with van der Waals surface area (Å²) in [6, 6.07) is 1.63. The molecule has 0 radical (unpaired) electrons. The number of nitrogens with zero attached hydrogens (tertiary/aromatic N) is 2. The summed E-state index contributed by atoms with van der Waals surface area (Å²) in [5.41, 5.74) is -0.211. The zero-order chi connectivity index (χ0) is 23.6. The molecule has 0 amide bonds. The molecule has 0 saturated heterocycles. The van der Waals surface area contributed by atoms with E-state index in [4.69, 9.17) is 18.9 Å². The minimum Gasteiger partial charge on any atom is -0.493 e. The van der Waals surface area contributed by atoms with E-state index >= 15 is 0 Å². The van der Waals surface area contributed by atoms with Gasteiger partial charge in [0.1, 0.15) is 5.82 Å². The topological polar surface area (TPSA) is 101 Å². The molecule has 2 aromatic rings. The zero-order valence-corrected chi connectivity index (χ0v) is 17.8. The minimum absolute atomic E-state index is 0.0500. The van der Waals surface area contributed by atoms with Crippen LogP contribution in [0.25, 0.3) is 0 Å². The molecular formula is C20H22F3N3O6. The van der Waals surface area contributed by atoms with Crippen molar-refractivity contribution < 1.29 is 41.7 Å². The summed E-state index contributed by atoms with van der Waals surface area (Å²) in [7, 11) is 4.18. The number of hydrogen-bond acceptors (Lipinski definition) is 8. The maximum absolute atomic E-state index is 13.3. The van der Waals surface area contributed by atoms with Gasteiger partial charge in [-0.1, -0.05) is 0 Å². The van der Waals surface area contributed by atoms with E-state index in [1.165, 1.54) is 39.5 Å². The van der Waals surface area contributed by atoms with E-state index in [-0.39, 0.29) is 40.7 Å². The van der Waals surface area contributed by atoms with Gasteiger partial charge in [-0.15, -0.1) is 0 Å². The second kappa shape index (κ2) is 8.97. The number of carbonyl (C=O) groups is 2. The van der Waals surface area contributed by atoms with E-state index in [2.05, 4.69) is 10.4 Å². The van der Waals surface area contributed by atoms with Crippen LogP contribution in [-0.2, 0) is 4.74 Å². The predicted octanol–water partition coefficient (Wildman–Crippen LogP) is 3.26. The molecule has 2 atom stereocenters. The second-order valence-electron chi connectivity index (χ2n) is 7.11. The molecule has 1 aromatic carbocycles. The first kappa shape index (κ1) is 23.2. The van der Waals surface area contributed by atoms with Crippen LogP contribution in [-0.4, -0.2) is 61.7 Å². The van der Waals surface area contributed by atoms with Crippen molar-refractivity contribution in [3.05, 3.63) is 29.5 Å². The van der Waals surface area contributed by atoms with Crippen molar-refractivity contribution in [3.63, 3.8) is 0 Å². The van der Waals surface area contributed by atoms with Crippen LogP contribution in [0.15, 0.2) is 18.2 Å². The monoisotopic (exact) mass is 457 g/mol. The Hall–Kier alpha value is -3.44. The van der Waals surface area contributed by atoms with E-state index in [0.29, 0.717) is 0 Å². The molecule has 0 spiro atoms. The molecule has 32 heavy (non-hydrogen) atoms. The van der Waals surface area contributed by atoms with Crippen LogP contribution in [0.2, 0.25) is 0 Å². The number of ether oxygens (including phenoxy) is 4. The Morgan fingerprint density at radius 3 is 2.28 bits per heavy atom. The molecule has 0 aliphatic carbocycles. The highest BCUT2D eigenvalue weighted by molar-refractivity contribution is 6.00. The Labute approximate surface area is 181 Å². The lowest BCUT2D eigenvalue weighted by Crippen LogP contribution is -2.37. The van der Waals surface area contributed by atoms with E-state index < -0.39 is 36.6 Å². The molecule has 1 N–H and O–H groups in total. The molecule has 9 nitrogen and oxygen atoms in total. The van der Waals surface area contributed by atoms with Gasteiger partial charge in [0.05, 0.1) is 21.3 Å². The van der Waals surface area contributed by atoms with Crippen LogP contribution in [0.3, 0.4) is 0 Å². The molecule has 174 valence electrons. The van der Waals surface area contributed by atoms with Gasteiger partial charge < -0.3 is 24.3 Å². The number of methoxy groups -OCH3 is 3. The van der Waals surface area contributed by atoms with Gasteiger partial charge in [0.25, 0.3) is 0 Å². The summed E-state index contributed by atoms with van der Waals surface area (Å²) < 4.78 is 61.3. The Balaban J connectivity index is 1.75. The lowest BCUT2D eigenvalue weighted by atomic mass is 10.1.